The van der Waals surface area contributed by atoms with Gasteiger partial charge < -0.3 is 19.7 Å². The molecule has 0 aliphatic carbocycles. The lowest BCUT2D eigenvalue weighted by atomic mass is 9.78. The third kappa shape index (κ3) is 6.24. The van der Waals surface area contributed by atoms with Crippen LogP contribution in [0.1, 0.15) is 31.4 Å². The van der Waals surface area contributed by atoms with Crippen LogP contribution in [0, 0.1) is 3.57 Å². The third-order valence-corrected chi connectivity index (χ3v) is 5.53. The standard InChI is InChI=1S/C21H26ClIO4/c1-21(2,15-4-7-18(8-5-15)27-14-17(25)13-24)16-6-9-20(19(23)12-16)26-11-3-10-22/h4-9,12,17,24-25H,3,10-11,13-14H2,1-2H3/t17-/m1/s1. The monoisotopic (exact) mass is 504 g/mol. The van der Waals surface area contributed by atoms with Crippen LogP contribution < -0.4 is 9.47 Å². The minimum Gasteiger partial charge on any atom is -0.492 e. The maximum atomic E-state index is 9.38. The first-order valence-electron chi connectivity index (χ1n) is 8.89. The summed E-state index contributed by atoms with van der Waals surface area (Å²) >= 11 is 8.00. The molecular formula is C21H26ClIO4. The summed E-state index contributed by atoms with van der Waals surface area (Å²) in [5.41, 5.74) is 2.17. The largest absolute Gasteiger partial charge is 0.492 e. The molecule has 0 spiro atoms. The third-order valence-electron chi connectivity index (χ3n) is 4.42. The van der Waals surface area contributed by atoms with Crippen LogP contribution in [0.25, 0.3) is 0 Å². The minimum absolute atomic E-state index is 0.0720. The van der Waals surface area contributed by atoms with Crippen molar-refractivity contribution in [3.8, 4) is 11.5 Å². The Labute approximate surface area is 179 Å². The molecule has 0 aliphatic heterocycles. The molecule has 27 heavy (non-hydrogen) atoms. The zero-order valence-electron chi connectivity index (χ0n) is 15.6. The fraction of sp³-hybridized carbons (Fsp3) is 0.429. The van der Waals surface area contributed by atoms with Gasteiger partial charge in [-0.1, -0.05) is 32.0 Å². The summed E-state index contributed by atoms with van der Waals surface area (Å²) < 4.78 is 12.3. The Bertz CT molecular complexity index is 719. The molecule has 0 saturated carbocycles. The molecular weight excluding hydrogens is 479 g/mol. The first-order chi connectivity index (χ1) is 12.9. The molecule has 0 amide bonds. The van der Waals surface area contributed by atoms with Gasteiger partial charge in [-0.3, -0.25) is 0 Å². The molecule has 2 aromatic carbocycles. The topological polar surface area (TPSA) is 58.9 Å². The molecule has 2 aromatic rings. The van der Waals surface area contributed by atoms with Crippen molar-refractivity contribution in [2.45, 2.75) is 31.8 Å². The van der Waals surface area contributed by atoms with Gasteiger partial charge in [0.15, 0.2) is 0 Å². The SMILES string of the molecule is CC(C)(c1ccc(OC[C@H](O)CO)cc1)c1ccc(OCCCCl)c(I)c1. The van der Waals surface area contributed by atoms with E-state index in [4.69, 9.17) is 26.2 Å². The van der Waals surface area contributed by atoms with Crippen LogP contribution in [-0.2, 0) is 5.41 Å². The van der Waals surface area contributed by atoms with E-state index in [2.05, 4.69) is 48.6 Å². The van der Waals surface area contributed by atoms with Gasteiger partial charge in [0.1, 0.15) is 24.2 Å². The van der Waals surface area contributed by atoms with Crippen molar-refractivity contribution in [3.63, 3.8) is 0 Å². The molecule has 0 radical (unpaired) electrons. The van der Waals surface area contributed by atoms with E-state index in [1.165, 1.54) is 5.56 Å². The summed E-state index contributed by atoms with van der Waals surface area (Å²) in [7, 11) is 0. The molecule has 0 aromatic heterocycles. The van der Waals surface area contributed by atoms with E-state index in [1.54, 1.807) is 0 Å². The van der Waals surface area contributed by atoms with Crippen molar-refractivity contribution in [3.05, 3.63) is 57.2 Å². The fourth-order valence-corrected chi connectivity index (χ4v) is 3.40. The second kappa shape index (κ2) is 10.5. The van der Waals surface area contributed by atoms with E-state index in [-0.39, 0.29) is 18.6 Å². The zero-order chi connectivity index (χ0) is 19.9. The molecule has 0 aliphatic rings. The van der Waals surface area contributed by atoms with E-state index < -0.39 is 6.10 Å². The van der Waals surface area contributed by atoms with Crippen LogP contribution >= 0.6 is 34.2 Å². The van der Waals surface area contributed by atoms with Gasteiger partial charge in [0, 0.05) is 11.3 Å². The number of alkyl halides is 1. The minimum atomic E-state index is -0.867. The summed E-state index contributed by atoms with van der Waals surface area (Å²) in [6.07, 6.45) is -0.0392. The highest BCUT2D eigenvalue weighted by molar-refractivity contribution is 14.1. The van der Waals surface area contributed by atoms with Crippen LogP contribution in [0.2, 0.25) is 0 Å². The number of hydrogen-bond acceptors (Lipinski definition) is 4. The lowest BCUT2D eigenvalue weighted by molar-refractivity contribution is 0.0536. The molecule has 0 bridgehead atoms. The predicted octanol–water partition coefficient (Wildman–Crippen LogP) is 4.36. The Morgan fingerprint density at radius 2 is 1.74 bits per heavy atom. The number of hydrogen-bond donors (Lipinski definition) is 2. The summed E-state index contributed by atoms with van der Waals surface area (Å²) in [4.78, 5) is 0. The van der Waals surface area contributed by atoms with Crippen molar-refractivity contribution in [2.24, 2.45) is 0 Å². The summed E-state index contributed by atoms with van der Waals surface area (Å²) in [6, 6.07) is 14.1. The number of ether oxygens (including phenoxy) is 2. The van der Waals surface area contributed by atoms with E-state index in [0.29, 0.717) is 18.2 Å². The van der Waals surface area contributed by atoms with Gasteiger partial charge in [-0.25, -0.2) is 0 Å². The molecule has 0 unspecified atom stereocenters. The quantitative estimate of drug-likeness (QED) is 0.287. The zero-order valence-corrected chi connectivity index (χ0v) is 18.5. The second-order valence-corrected chi connectivity index (χ2v) is 8.37. The Balaban J connectivity index is 2.11. The Morgan fingerprint density at radius 1 is 1.07 bits per heavy atom. The first kappa shape index (κ1) is 22.3. The Morgan fingerprint density at radius 3 is 2.33 bits per heavy atom. The Kier molecular flexibility index (Phi) is 8.66. The highest BCUT2D eigenvalue weighted by Gasteiger charge is 2.24. The van der Waals surface area contributed by atoms with E-state index in [1.807, 2.05) is 30.3 Å². The van der Waals surface area contributed by atoms with E-state index >= 15 is 0 Å². The maximum Gasteiger partial charge on any atom is 0.132 e. The van der Waals surface area contributed by atoms with E-state index in [0.717, 1.165) is 21.3 Å². The van der Waals surface area contributed by atoms with Crippen LogP contribution in [-0.4, -0.2) is 42.0 Å². The highest BCUT2D eigenvalue weighted by Crippen LogP contribution is 2.35. The average Bonchev–Trinajstić information content (AvgIpc) is 2.67. The van der Waals surface area contributed by atoms with Gasteiger partial charge in [-0.05, 0) is 64.4 Å². The van der Waals surface area contributed by atoms with Crippen molar-refractivity contribution in [1.82, 2.24) is 0 Å². The fourth-order valence-electron chi connectivity index (χ4n) is 2.62. The lowest BCUT2D eigenvalue weighted by Crippen LogP contribution is -2.21. The predicted molar refractivity (Wildman–Crippen MR) is 117 cm³/mol. The number of halogens is 2. The summed E-state index contributed by atoms with van der Waals surface area (Å²) in [6.45, 7) is 4.74. The maximum absolute atomic E-state index is 9.38. The van der Waals surface area contributed by atoms with Crippen molar-refractivity contribution in [2.75, 3.05) is 25.7 Å². The molecule has 0 saturated heterocycles. The number of aliphatic hydroxyl groups excluding tert-OH is 2. The summed E-state index contributed by atoms with van der Waals surface area (Å²) in [5, 5.41) is 18.2. The highest BCUT2D eigenvalue weighted by atomic mass is 127. The lowest BCUT2D eigenvalue weighted by Gasteiger charge is -2.27. The second-order valence-electron chi connectivity index (χ2n) is 6.83. The van der Waals surface area contributed by atoms with Crippen molar-refractivity contribution < 1.29 is 19.7 Å². The molecule has 0 fully saturated rings. The van der Waals surface area contributed by atoms with Crippen molar-refractivity contribution in [1.29, 1.82) is 0 Å². The van der Waals surface area contributed by atoms with Gasteiger partial charge >= 0.3 is 0 Å². The average molecular weight is 505 g/mol. The van der Waals surface area contributed by atoms with Gasteiger partial charge in [0.2, 0.25) is 0 Å². The number of rotatable bonds is 10. The molecule has 2 N–H and O–H groups in total. The van der Waals surface area contributed by atoms with Crippen molar-refractivity contribution >= 4 is 34.2 Å². The molecule has 4 nitrogen and oxygen atoms in total. The molecule has 0 heterocycles. The first-order valence-corrected chi connectivity index (χ1v) is 10.5. The van der Waals surface area contributed by atoms with Gasteiger partial charge in [0.25, 0.3) is 0 Å². The van der Waals surface area contributed by atoms with Gasteiger partial charge in [0.05, 0.1) is 16.8 Å². The molecule has 148 valence electrons. The Hall–Kier alpha value is -1.02. The van der Waals surface area contributed by atoms with Gasteiger partial charge in [-0.15, -0.1) is 11.6 Å². The number of aliphatic hydroxyl groups is 2. The molecule has 2 rings (SSSR count). The number of benzene rings is 2. The molecule has 6 heteroatoms. The van der Waals surface area contributed by atoms with Crippen LogP contribution in [0.4, 0.5) is 0 Å². The van der Waals surface area contributed by atoms with E-state index in [9.17, 15) is 5.11 Å². The van der Waals surface area contributed by atoms with Gasteiger partial charge in [-0.2, -0.15) is 0 Å². The van der Waals surface area contributed by atoms with Crippen LogP contribution in [0.15, 0.2) is 42.5 Å². The normalized spacial score (nSPS) is 12.7. The molecule has 1 atom stereocenters. The van der Waals surface area contributed by atoms with Crippen LogP contribution in [0.3, 0.4) is 0 Å². The summed E-state index contributed by atoms with van der Waals surface area (Å²) in [5.74, 6) is 2.14. The smallest absolute Gasteiger partial charge is 0.132 e. The van der Waals surface area contributed by atoms with Crippen LogP contribution in [0.5, 0.6) is 11.5 Å².